The average molecular weight is 250 g/mol. The van der Waals surface area contributed by atoms with Gasteiger partial charge in [-0.05, 0) is 31.7 Å². The lowest BCUT2D eigenvalue weighted by atomic mass is 10.1. The minimum Gasteiger partial charge on any atom is -0.338 e. The summed E-state index contributed by atoms with van der Waals surface area (Å²) in [7, 11) is 1.79. The largest absolute Gasteiger partial charge is 0.338 e. The van der Waals surface area contributed by atoms with Gasteiger partial charge in [0.15, 0.2) is 0 Å². The Morgan fingerprint density at radius 3 is 2.39 bits per heavy atom. The second-order valence-corrected chi connectivity index (χ2v) is 3.61. The average Bonchev–Trinajstić information content (AvgIpc) is 2.37. The third-order valence-corrected chi connectivity index (χ3v) is 2.25. The highest BCUT2D eigenvalue weighted by Gasteiger charge is 2.08. The van der Waals surface area contributed by atoms with Gasteiger partial charge >= 0.3 is 6.03 Å². The fourth-order valence-electron chi connectivity index (χ4n) is 1.34. The van der Waals surface area contributed by atoms with Crippen LogP contribution in [0, 0.1) is 0 Å². The lowest BCUT2D eigenvalue weighted by molar-refractivity contribution is 0.0964. The third-order valence-electron chi connectivity index (χ3n) is 2.25. The van der Waals surface area contributed by atoms with Crippen LogP contribution in [-0.4, -0.2) is 25.5 Å². The highest BCUT2D eigenvalue weighted by atomic mass is 16.2. The maximum Gasteiger partial charge on any atom is 0.321 e. The van der Waals surface area contributed by atoms with Crippen LogP contribution in [0.5, 0.6) is 0 Å². The first-order valence-corrected chi connectivity index (χ1v) is 5.75. The van der Waals surface area contributed by atoms with Crippen molar-refractivity contribution in [3.05, 3.63) is 35.4 Å². The molecule has 98 valence electrons. The van der Waals surface area contributed by atoms with Crippen molar-refractivity contribution in [2.75, 3.05) is 13.6 Å². The minimum absolute atomic E-state index is 0.408. The molecule has 0 saturated heterocycles. The maximum atomic E-state index is 11.7. The summed E-state index contributed by atoms with van der Waals surface area (Å²) in [5, 5.41) is 4.74. The Morgan fingerprint density at radius 2 is 1.83 bits per heavy atom. The zero-order valence-electron chi connectivity index (χ0n) is 10.5. The van der Waals surface area contributed by atoms with Crippen molar-refractivity contribution in [1.82, 2.24) is 21.5 Å². The van der Waals surface area contributed by atoms with E-state index < -0.39 is 11.9 Å². The zero-order chi connectivity index (χ0) is 13.4. The van der Waals surface area contributed by atoms with Crippen molar-refractivity contribution in [2.24, 2.45) is 0 Å². The van der Waals surface area contributed by atoms with Crippen LogP contribution >= 0.6 is 0 Å². The van der Waals surface area contributed by atoms with Gasteiger partial charge in [0.1, 0.15) is 0 Å². The summed E-state index contributed by atoms with van der Waals surface area (Å²) in [6, 6.07) is 6.54. The molecule has 0 heterocycles. The van der Waals surface area contributed by atoms with Crippen LogP contribution in [0.4, 0.5) is 4.79 Å². The molecule has 0 bridgehead atoms. The minimum atomic E-state index is -0.483. The summed E-state index contributed by atoms with van der Waals surface area (Å²) in [4.78, 5) is 22.8. The summed E-state index contributed by atoms with van der Waals surface area (Å²) in [5.41, 5.74) is 7.25. The van der Waals surface area contributed by atoms with Crippen LogP contribution in [0.3, 0.4) is 0 Å². The Kier molecular flexibility index (Phi) is 5.83. The number of imide groups is 1. The lowest BCUT2D eigenvalue weighted by Crippen LogP contribution is -2.39. The first-order valence-electron chi connectivity index (χ1n) is 5.75. The molecule has 0 atom stereocenters. The molecule has 0 aliphatic heterocycles. The van der Waals surface area contributed by atoms with Crippen molar-refractivity contribution in [2.45, 2.75) is 13.5 Å². The van der Waals surface area contributed by atoms with E-state index >= 15 is 0 Å². The number of hydrogen-bond acceptors (Lipinski definition) is 4. The molecule has 0 saturated carbocycles. The number of hydrogen-bond donors (Lipinski definition) is 4. The van der Waals surface area contributed by atoms with Crippen molar-refractivity contribution < 1.29 is 9.59 Å². The van der Waals surface area contributed by atoms with E-state index in [2.05, 4.69) is 21.5 Å². The Labute approximate surface area is 106 Å². The first kappa shape index (κ1) is 14.1. The number of rotatable bonds is 5. The number of amides is 3. The van der Waals surface area contributed by atoms with Gasteiger partial charge in [-0.1, -0.05) is 12.1 Å². The summed E-state index contributed by atoms with van der Waals surface area (Å²) in [6.45, 7) is 2.93. The standard InChI is InChI=1S/C12H18N4O2/c1-3-14-12(18)16-11(17)10-6-4-9(5-7-10)8-15-13-2/h4-7,13,15H,3,8H2,1-2H3,(H2,14,16,17,18). The molecule has 1 aromatic rings. The smallest absolute Gasteiger partial charge is 0.321 e. The molecule has 3 amide bonds. The van der Waals surface area contributed by atoms with Crippen molar-refractivity contribution in [3.8, 4) is 0 Å². The van der Waals surface area contributed by atoms with Crippen LogP contribution < -0.4 is 21.5 Å². The van der Waals surface area contributed by atoms with E-state index in [1.165, 1.54) is 0 Å². The Hall–Kier alpha value is -1.92. The van der Waals surface area contributed by atoms with Crippen LogP contribution in [0.2, 0.25) is 0 Å². The molecule has 0 radical (unpaired) electrons. The summed E-state index contributed by atoms with van der Waals surface area (Å²) >= 11 is 0. The van der Waals surface area contributed by atoms with E-state index in [-0.39, 0.29) is 0 Å². The molecule has 6 heteroatoms. The van der Waals surface area contributed by atoms with E-state index in [4.69, 9.17) is 0 Å². The van der Waals surface area contributed by atoms with E-state index in [1.54, 1.807) is 26.1 Å². The zero-order valence-corrected chi connectivity index (χ0v) is 10.5. The Morgan fingerprint density at radius 1 is 1.17 bits per heavy atom. The fraction of sp³-hybridized carbons (Fsp3) is 0.333. The number of benzene rings is 1. The molecule has 1 rings (SSSR count). The van der Waals surface area contributed by atoms with E-state index in [1.807, 2.05) is 12.1 Å². The van der Waals surface area contributed by atoms with Crippen molar-refractivity contribution in [3.63, 3.8) is 0 Å². The van der Waals surface area contributed by atoms with Crippen LogP contribution in [0.1, 0.15) is 22.8 Å². The van der Waals surface area contributed by atoms with Gasteiger partial charge in [-0.3, -0.25) is 21.0 Å². The summed E-state index contributed by atoms with van der Waals surface area (Å²) < 4.78 is 0. The number of carbonyl (C=O) groups is 2. The van der Waals surface area contributed by atoms with Gasteiger partial charge in [0.05, 0.1) is 0 Å². The van der Waals surface area contributed by atoms with Gasteiger partial charge in [0.2, 0.25) is 0 Å². The molecular weight excluding hydrogens is 232 g/mol. The molecular formula is C12H18N4O2. The molecule has 4 N–H and O–H groups in total. The predicted molar refractivity (Wildman–Crippen MR) is 68.9 cm³/mol. The van der Waals surface area contributed by atoms with Gasteiger partial charge in [0, 0.05) is 18.7 Å². The molecule has 0 aromatic heterocycles. The highest BCUT2D eigenvalue weighted by molar-refractivity contribution is 6.04. The summed E-state index contributed by atoms with van der Waals surface area (Å²) in [5.74, 6) is -0.408. The van der Waals surface area contributed by atoms with Crippen molar-refractivity contribution >= 4 is 11.9 Å². The molecule has 0 aliphatic rings. The van der Waals surface area contributed by atoms with Gasteiger partial charge in [0.25, 0.3) is 5.91 Å². The van der Waals surface area contributed by atoms with Crippen LogP contribution in [0.15, 0.2) is 24.3 Å². The van der Waals surface area contributed by atoms with Gasteiger partial charge < -0.3 is 5.32 Å². The molecule has 0 fully saturated rings. The Bertz CT molecular complexity index is 403. The monoisotopic (exact) mass is 250 g/mol. The second-order valence-electron chi connectivity index (χ2n) is 3.61. The van der Waals surface area contributed by atoms with Crippen LogP contribution in [0.25, 0.3) is 0 Å². The lowest BCUT2D eigenvalue weighted by Gasteiger charge is -2.06. The van der Waals surface area contributed by atoms with Gasteiger partial charge in [-0.15, -0.1) is 0 Å². The molecule has 6 nitrogen and oxygen atoms in total. The molecule has 1 aromatic carbocycles. The fourth-order valence-corrected chi connectivity index (χ4v) is 1.34. The topological polar surface area (TPSA) is 82.3 Å². The molecule has 18 heavy (non-hydrogen) atoms. The quantitative estimate of drug-likeness (QED) is 0.569. The first-order chi connectivity index (χ1) is 8.67. The summed E-state index contributed by atoms with van der Waals surface area (Å²) in [6.07, 6.45) is 0. The van der Waals surface area contributed by atoms with E-state index in [0.717, 1.165) is 5.56 Å². The number of hydrazine groups is 1. The SMILES string of the molecule is CCNC(=O)NC(=O)c1ccc(CNNC)cc1. The predicted octanol–water partition coefficient (Wildman–Crippen LogP) is 0.370. The van der Waals surface area contributed by atoms with Gasteiger partial charge in [-0.2, -0.15) is 0 Å². The molecule has 0 spiro atoms. The Balaban J connectivity index is 2.56. The normalized spacial score (nSPS) is 9.89. The number of urea groups is 1. The maximum absolute atomic E-state index is 11.7. The van der Waals surface area contributed by atoms with Gasteiger partial charge in [-0.25, -0.2) is 4.79 Å². The van der Waals surface area contributed by atoms with Crippen molar-refractivity contribution in [1.29, 1.82) is 0 Å². The van der Waals surface area contributed by atoms with E-state index in [9.17, 15) is 9.59 Å². The molecule has 0 unspecified atom stereocenters. The highest BCUT2D eigenvalue weighted by Crippen LogP contribution is 2.04. The third kappa shape index (κ3) is 4.52. The second kappa shape index (κ2) is 7.41. The number of nitrogens with one attached hydrogen (secondary N) is 4. The van der Waals surface area contributed by atoms with E-state index in [0.29, 0.717) is 18.7 Å². The van der Waals surface area contributed by atoms with Crippen LogP contribution in [-0.2, 0) is 6.54 Å². The molecule has 0 aliphatic carbocycles. The number of carbonyl (C=O) groups excluding carboxylic acids is 2.